The third-order valence-corrected chi connectivity index (χ3v) is 3.19. The third-order valence-electron chi connectivity index (χ3n) is 3.19. The Balaban J connectivity index is 2.14. The lowest BCUT2D eigenvalue weighted by molar-refractivity contribution is -0.188. The molecule has 1 rings (SSSR count). The molecule has 0 radical (unpaired) electrons. The molecule has 1 aliphatic rings. The van der Waals surface area contributed by atoms with Crippen molar-refractivity contribution in [3.8, 4) is 0 Å². The van der Waals surface area contributed by atoms with Crippen molar-refractivity contribution in [2.75, 3.05) is 13.2 Å². The Morgan fingerprint density at radius 2 is 1.94 bits per heavy atom. The van der Waals surface area contributed by atoms with Crippen molar-refractivity contribution in [1.82, 2.24) is 0 Å². The van der Waals surface area contributed by atoms with Gasteiger partial charge in [0.15, 0.2) is 5.78 Å². The molecule has 104 valence electrons. The molecule has 1 unspecified atom stereocenters. The molecule has 0 N–H and O–H groups in total. The van der Waals surface area contributed by atoms with Crippen LogP contribution in [0.5, 0.6) is 0 Å². The molecule has 0 bridgehead atoms. The summed E-state index contributed by atoms with van der Waals surface area (Å²) < 4.78 is 10.6. The minimum absolute atomic E-state index is 0.101. The van der Waals surface area contributed by atoms with E-state index < -0.39 is 6.29 Å². The summed E-state index contributed by atoms with van der Waals surface area (Å²) in [5.41, 5.74) is 1.36. The molecule has 3 heteroatoms. The average Bonchev–Trinajstić information content (AvgIpc) is 2.36. The summed E-state index contributed by atoms with van der Waals surface area (Å²) in [7, 11) is 0. The van der Waals surface area contributed by atoms with E-state index in [4.69, 9.17) is 9.47 Å². The summed E-state index contributed by atoms with van der Waals surface area (Å²) in [6.07, 6.45) is 6.30. The van der Waals surface area contributed by atoms with Gasteiger partial charge in [-0.1, -0.05) is 18.6 Å². The van der Waals surface area contributed by atoms with Gasteiger partial charge in [0.05, 0.1) is 13.2 Å². The van der Waals surface area contributed by atoms with Gasteiger partial charge in [0.25, 0.3) is 0 Å². The van der Waals surface area contributed by atoms with Crippen molar-refractivity contribution in [2.24, 2.45) is 5.92 Å². The van der Waals surface area contributed by atoms with E-state index in [-0.39, 0.29) is 5.78 Å². The predicted octanol–water partition coefficient (Wildman–Crippen LogP) is 3.48. The quantitative estimate of drug-likeness (QED) is 0.652. The molecule has 0 spiro atoms. The first-order chi connectivity index (χ1) is 8.59. The van der Waals surface area contributed by atoms with Crippen LogP contribution >= 0.6 is 0 Å². The number of ether oxygens (including phenoxy) is 2. The van der Waals surface area contributed by atoms with E-state index in [0.717, 1.165) is 25.7 Å². The van der Waals surface area contributed by atoms with Gasteiger partial charge in [0.2, 0.25) is 6.29 Å². The van der Waals surface area contributed by atoms with Crippen molar-refractivity contribution in [3.63, 3.8) is 0 Å². The van der Waals surface area contributed by atoms with Crippen LogP contribution in [0.25, 0.3) is 0 Å². The van der Waals surface area contributed by atoms with Crippen molar-refractivity contribution >= 4 is 5.78 Å². The fourth-order valence-electron chi connectivity index (χ4n) is 1.98. The second-order valence-electron chi connectivity index (χ2n) is 5.40. The van der Waals surface area contributed by atoms with Crippen LogP contribution in [0.3, 0.4) is 0 Å². The Bertz CT molecular complexity index is 273. The van der Waals surface area contributed by atoms with Crippen LogP contribution in [0.1, 0.15) is 52.9 Å². The Morgan fingerprint density at radius 3 is 2.56 bits per heavy atom. The van der Waals surface area contributed by atoms with Crippen molar-refractivity contribution < 1.29 is 14.3 Å². The maximum absolute atomic E-state index is 11.8. The summed E-state index contributed by atoms with van der Waals surface area (Å²) in [5.74, 6) is 0.678. The minimum atomic E-state index is -0.594. The van der Waals surface area contributed by atoms with Gasteiger partial charge in [0, 0.05) is 6.42 Å². The topological polar surface area (TPSA) is 35.5 Å². The molecule has 3 nitrogen and oxygen atoms in total. The number of hydrogen-bond acceptors (Lipinski definition) is 3. The smallest absolute Gasteiger partial charge is 0.217 e. The van der Waals surface area contributed by atoms with Gasteiger partial charge in [-0.3, -0.25) is 4.79 Å². The molecule has 1 heterocycles. The lowest BCUT2D eigenvalue weighted by atomic mass is 9.97. The van der Waals surface area contributed by atoms with Crippen LogP contribution in [0.15, 0.2) is 11.6 Å². The Kier molecular flexibility index (Phi) is 7.21. The van der Waals surface area contributed by atoms with Crippen molar-refractivity contribution in [3.05, 3.63) is 11.6 Å². The standard InChI is InChI=1S/C15H26O3/c1-12(2)6-4-7-13(3)8-9-14(16)15-17-10-5-11-18-15/h6,13,15H,4-5,7-11H2,1-3H3. The SMILES string of the molecule is CC(C)=CCCC(C)CCC(=O)C1OCCCO1. The number of allylic oxidation sites excluding steroid dienone is 2. The highest BCUT2D eigenvalue weighted by Crippen LogP contribution is 2.16. The average molecular weight is 254 g/mol. The molecule has 0 saturated carbocycles. The number of carbonyl (C=O) groups excluding carboxylic acids is 1. The molecule has 0 aromatic carbocycles. The van der Waals surface area contributed by atoms with Crippen LogP contribution < -0.4 is 0 Å². The van der Waals surface area contributed by atoms with Crippen LogP contribution in [0.4, 0.5) is 0 Å². The summed E-state index contributed by atoms with van der Waals surface area (Å²) >= 11 is 0. The highest BCUT2D eigenvalue weighted by molar-refractivity contribution is 5.81. The van der Waals surface area contributed by atoms with Crippen molar-refractivity contribution in [1.29, 1.82) is 0 Å². The molecular formula is C15H26O3. The number of rotatable bonds is 7. The molecule has 0 amide bonds. The van der Waals surface area contributed by atoms with E-state index in [9.17, 15) is 4.79 Å². The van der Waals surface area contributed by atoms with E-state index in [2.05, 4.69) is 26.8 Å². The second kappa shape index (κ2) is 8.44. The molecule has 1 atom stereocenters. The van der Waals surface area contributed by atoms with E-state index in [0.29, 0.717) is 25.6 Å². The van der Waals surface area contributed by atoms with Crippen LogP contribution in [0, 0.1) is 5.92 Å². The predicted molar refractivity (Wildman–Crippen MR) is 72.4 cm³/mol. The monoisotopic (exact) mass is 254 g/mol. The normalized spacial score (nSPS) is 18.4. The molecule has 0 aromatic rings. The second-order valence-corrected chi connectivity index (χ2v) is 5.40. The first kappa shape index (κ1) is 15.4. The highest BCUT2D eigenvalue weighted by Gasteiger charge is 2.22. The number of Topliss-reactive ketones (excluding diaryl/α,β-unsaturated/α-hetero) is 1. The zero-order valence-corrected chi connectivity index (χ0v) is 11.9. The summed E-state index contributed by atoms with van der Waals surface area (Å²) in [6, 6.07) is 0. The number of hydrogen-bond donors (Lipinski definition) is 0. The lowest BCUT2D eigenvalue weighted by Crippen LogP contribution is -2.32. The number of carbonyl (C=O) groups is 1. The third kappa shape index (κ3) is 6.31. The van der Waals surface area contributed by atoms with Gasteiger partial charge in [0.1, 0.15) is 0 Å². The fourth-order valence-corrected chi connectivity index (χ4v) is 1.98. The molecule has 1 saturated heterocycles. The Morgan fingerprint density at radius 1 is 1.28 bits per heavy atom. The largest absolute Gasteiger partial charge is 0.346 e. The molecule has 0 aromatic heterocycles. The Labute approximate surface area is 111 Å². The van der Waals surface area contributed by atoms with E-state index >= 15 is 0 Å². The zero-order valence-electron chi connectivity index (χ0n) is 11.9. The Hall–Kier alpha value is -0.670. The molecule has 18 heavy (non-hydrogen) atoms. The van der Waals surface area contributed by atoms with Crippen LogP contribution in [-0.2, 0) is 14.3 Å². The number of ketones is 1. The van der Waals surface area contributed by atoms with Crippen LogP contribution in [-0.4, -0.2) is 25.3 Å². The van der Waals surface area contributed by atoms with Gasteiger partial charge in [-0.15, -0.1) is 0 Å². The van der Waals surface area contributed by atoms with Crippen molar-refractivity contribution in [2.45, 2.75) is 59.2 Å². The minimum Gasteiger partial charge on any atom is -0.346 e. The maximum atomic E-state index is 11.8. The molecular weight excluding hydrogens is 228 g/mol. The molecule has 0 aliphatic carbocycles. The van der Waals surface area contributed by atoms with Crippen LogP contribution in [0.2, 0.25) is 0 Å². The van der Waals surface area contributed by atoms with Gasteiger partial charge < -0.3 is 9.47 Å². The van der Waals surface area contributed by atoms with Gasteiger partial charge in [-0.05, 0) is 45.4 Å². The summed E-state index contributed by atoms with van der Waals surface area (Å²) in [6.45, 7) is 7.73. The first-order valence-electron chi connectivity index (χ1n) is 6.99. The molecule has 1 fully saturated rings. The van der Waals surface area contributed by atoms with Gasteiger partial charge >= 0.3 is 0 Å². The highest BCUT2D eigenvalue weighted by atomic mass is 16.7. The fraction of sp³-hybridized carbons (Fsp3) is 0.800. The summed E-state index contributed by atoms with van der Waals surface area (Å²) in [4.78, 5) is 11.8. The maximum Gasteiger partial charge on any atom is 0.217 e. The first-order valence-corrected chi connectivity index (χ1v) is 6.99. The van der Waals surface area contributed by atoms with Gasteiger partial charge in [-0.25, -0.2) is 0 Å². The lowest BCUT2D eigenvalue weighted by Gasteiger charge is -2.22. The van der Waals surface area contributed by atoms with Gasteiger partial charge in [-0.2, -0.15) is 0 Å². The van der Waals surface area contributed by atoms with E-state index in [1.807, 2.05) is 0 Å². The van der Waals surface area contributed by atoms with E-state index in [1.54, 1.807) is 0 Å². The van der Waals surface area contributed by atoms with E-state index in [1.165, 1.54) is 5.57 Å². The molecule has 1 aliphatic heterocycles. The summed E-state index contributed by atoms with van der Waals surface area (Å²) in [5, 5.41) is 0. The zero-order chi connectivity index (χ0) is 13.4.